The molecule has 2 aromatic carbocycles. The van der Waals surface area contributed by atoms with Crippen molar-refractivity contribution in [3.05, 3.63) is 84.6 Å². The highest BCUT2D eigenvalue weighted by atomic mass is 35.5. The summed E-state index contributed by atoms with van der Waals surface area (Å²) in [6, 6.07) is 16.2. The first-order valence-corrected chi connectivity index (χ1v) is 8.78. The van der Waals surface area contributed by atoms with E-state index in [-0.39, 0.29) is 30.6 Å². The average molecular weight is 435 g/mol. The topological polar surface area (TPSA) is 47.3 Å². The Hall–Kier alpha value is -2.60. The second-order valence-electron chi connectivity index (χ2n) is 6.23. The monoisotopic (exact) mass is 434 g/mol. The fourth-order valence-electron chi connectivity index (χ4n) is 2.89. The van der Waals surface area contributed by atoms with Crippen molar-refractivity contribution in [1.29, 1.82) is 0 Å². The second kappa shape index (κ2) is 10.8. The summed E-state index contributed by atoms with van der Waals surface area (Å²) in [5.41, 5.74) is 3.84. The maximum Gasteiger partial charge on any atom is 0.134 e. The molecular weight excluding hydrogens is 414 g/mol. The van der Waals surface area contributed by atoms with Gasteiger partial charge in [-0.2, -0.15) is 0 Å². The van der Waals surface area contributed by atoms with Crippen LogP contribution in [-0.2, 0) is 6.54 Å². The number of nitrogens with one attached hydrogen (secondary N) is 1. The number of hydrogen-bond acceptors (Lipinski definition) is 4. The van der Waals surface area contributed by atoms with E-state index >= 15 is 0 Å². The Morgan fingerprint density at radius 3 is 2.59 bits per heavy atom. The first-order valence-electron chi connectivity index (χ1n) is 8.78. The van der Waals surface area contributed by atoms with E-state index in [4.69, 9.17) is 9.15 Å². The fourth-order valence-corrected chi connectivity index (χ4v) is 2.89. The van der Waals surface area contributed by atoms with Gasteiger partial charge >= 0.3 is 0 Å². The van der Waals surface area contributed by atoms with Crippen molar-refractivity contribution in [3.63, 3.8) is 0 Å². The maximum absolute atomic E-state index is 13.1. The Kier molecular flexibility index (Phi) is 8.46. The largest absolute Gasteiger partial charge is 0.492 e. The van der Waals surface area contributed by atoms with Crippen LogP contribution in [0, 0.1) is 5.82 Å². The van der Waals surface area contributed by atoms with Crippen LogP contribution in [0.3, 0.4) is 0 Å². The van der Waals surface area contributed by atoms with E-state index in [1.165, 1.54) is 12.1 Å². The van der Waals surface area contributed by atoms with Crippen LogP contribution in [0.15, 0.2) is 77.7 Å². The van der Waals surface area contributed by atoms with Crippen LogP contribution in [0.25, 0.3) is 22.1 Å². The summed E-state index contributed by atoms with van der Waals surface area (Å²) in [6.07, 6.45) is 5.28. The number of ether oxygens (including phenoxy) is 1. The number of halogens is 3. The normalized spacial score (nSPS) is 10.2. The van der Waals surface area contributed by atoms with Crippen molar-refractivity contribution < 1.29 is 13.5 Å². The predicted octanol–water partition coefficient (Wildman–Crippen LogP) is 5.65. The molecule has 0 fully saturated rings. The van der Waals surface area contributed by atoms with Gasteiger partial charge in [-0.3, -0.25) is 4.98 Å². The van der Waals surface area contributed by atoms with Gasteiger partial charge in [-0.15, -0.1) is 24.8 Å². The van der Waals surface area contributed by atoms with Crippen LogP contribution in [-0.4, -0.2) is 18.1 Å². The highest BCUT2D eigenvalue weighted by Gasteiger charge is 2.02. The summed E-state index contributed by atoms with van der Waals surface area (Å²) >= 11 is 0. The summed E-state index contributed by atoms with van der Waals surface area (Å²) in [5, 5.41) is 4.38. The Bertz CT molecular complexity index is 1040. The molecule has 4 rings (SSSR count). The molecule has 0 aliphatic rings. The minimum atomic E-state index is -0.239. The van der Waals surface area contributed by atoms with Crippen molar-refractivity contribution in [3.8, 4) is 16.9 Å². The second-order valence-corrected chi connectivity index (χ2v) is 6.23. The lowest BCUT2D eigenvalue weighted by atomic mass is 10.1. The lowest BCUT2D eigenvalue weighted by Gasteiger charge is -2.09. The minimum Gasteiger partial charge on any atom is -0.492 e. The highest BCUT2D eigenvalue weighted by Crippen LogP contribution is 2.22. The first kappa shape index (κ1) is 22.7. The molecule has 152 valence electrons. The van der Waals surface area contributed by atoms with E-state index < -0.39 is 0 Å². The molecule has 0 saturated carbocycles. The van der Waals surface area contributed by atoms with Gasteiger partial charge < -0.3 is 14.5 Å². The van der Waals surface area contributed by atoms with Gasteiger partial charge in [0, 0.05) is 36.4 Å². The Morgan fingerprint density at radius 2 is 1.76 bits per heavy atom. The molecule has 0 spiro atoms. The smallest absolute Gasteiger partial charge is 0.134 e. The molecule has 4 nitrogen and oxygen atoms in total. The van der Waals surface area contributed by atoms with Crippen LogP contribution in [0.5, 0.6) is 5.75 Å². The number of pyridine rings is 1. The lowest BCUT2D eigenvalue weighted by molar-refractivity contribution is 0.314. The summed E-state index contributed by atoms with van der Waals surface area (Å²) in [4.78, 5) is 4.28. The standard InChI is InChI=1S/C22H19FN2O2.2ClH/c23-20-3-1-17(2-4-20)19-11-16(14-25-15-19)13-24-8-10-26-21-5-6-22-18(12-21)7-9-27-22;;/h1-7,9,11-12,14-15,24H,8,10,13H2;2*1H. The number of nitrogens with zero attached hydrogens (tertiary/aromatic N) is 1. The number of rotatable bonds is 7. The third kappa shape index (κ3) is 5.94. The molecule has 2 heterocycles. The van der Waals surface area contributed by atoms with Gasteiger partial charge in [0.15, 0.2) is 0 Å². The van der Waals surface area contributed by atoms with E-state index in [2.05, 4.69) is 16.4 Å². The maximum atomic E-state index is 13.1. The summed E-state index contributed by atoms with van der Waals surface area (Å²) < 4.78 is 24.2. The molecule has 0 radical (unpaired) electrons. The molecule has 0 bridgehead atoms. The predicted molar refractivity (Wildman–Crippen MR) is 118 cm³/mol. The molecule has 0 atom stereocenters. The van der Waals surface area contributed by atoms with E-state index in [1.807, 2.05) is 30.5 Å². The number of benzene rings is 2. The van der Waals surface area contributed by atoms with Gasteiger partial charge in [-0.1, -0.05) is 12.1 Å². The van der Waals surface area contributed by atoms with Crippen molar-refractivity contribution in [2.24, 2.45) is 0 Å². The number of fused-ring (bicyclic) bond motifs is 1. The summed E-state index contributed by atoms with van der Waals surface area (Å²) in [6.45, 7) is 1.96. The van der Waals surface area contributed by atoms with Gasteiger partial charge in [0.25, 0.3) is 0 Å². The third-order valence-corrected chi connectivity index (χ3v) is 4.27. The third-order valence-electron chi connectivity index (χ3n) is 4.27. The zero-order valence-corrected chi connectivity index (χ0v) is 17.1. The van der Waals surface area contributed by atoms with Crippen LogP contribution >= 0.6 is 24.8 Å². The first-order chi connectivity index (χ1) is 13.3. The SMILES string of the molecule is Cl.Cl.Fc1ccc(-c2cncc(CNCCOc3ccc4occc4c3)c2)cc1. The van der Waals surface area contributed by atoms with E-state index in [0.29, 0.717) is 19.7 Å². The van der Waals surface area contributed by atoms with Gasteiger partial charge in [0.2, 0.25) is 0 Å². The van der Waals surface area contributed by atoms with Gasteiger partial charge in [0.1, 0.15) is 23.8 Å². The number of furan rings is 1. The van der Waals surface area contributed by atoms with Crippen LogP contribution in [0.2, 0.25) is 0 Å². The van der Waals surface area contributed by atoms with Gasteiger partial charge in [-0.05, 0) is 53.6 Å². The Labute approximate surface area is 180 Å². The van der Waals surface area contributed by atoms with Crippen molar-refractivity contribution in [2.75, 3.05) is 13.2 Å². The molecule has 0 amide bonds. The van der Waals surface area contributed by atoms with Crippen molar-refractivity contribution >= 4 is 35.8 Å². The zero-order chi connectivity index (χ0) is 18.5. The molecule has 0 unspecified atom stereocenters. The molecule has 4 aromatic rings. The fraction of sp³-hybridized carbons (Fsp3) is 0.136. The zero-order valence-electron chi connectivity index (χ0n) is 15.5. The number of hydrogen-bond donors (Lipinski definition) is 1. The van der Waals surface area contributed by atoms with Crippen molar-refractivity contribution in [2.45, 2.75) is 6.54 Å². The average Bonchev–Trinajstić information content (AvgIpc) is 3.16. The van der Waals surface area contributed by atoms with Crippen LogP contribution in [0.4, 0.5) is 4.39 Å². The number of aromatic nitrogens is 1. The molecule has 2 aromatic heterocycles. The Morgan fingerprint density at radius 1 is 0.931 bits per heavy atom. The van der Waals surface area contributed by atoms with Gasteiger partial charge in [-0.25, -0.2) is 4.39 Å². The van der Waals surface area contributed by atoms with Crippen LogP contribution < -0.4 is 10.1 Å². The highest BCUT2D eigenvalue weighted by molar-refractivity contribution is 5.85. The lowest BCUT2D eigenvalue weighted by Crippen LogP contribution is -2.20. The molecular formula is C22H21Cl2FN2O2. The Balaban J connectivity index is 0.00000150. The quantitative estimate of drug-likeness (QED) is 0.382. The molecule has 0 aliphatic heterocycles. The molecule has 29 heavy (non-hydrogen) atoms. The van der Waals surface area contributed by atoms with E-state index in [1.54, 1.807) is 24.6 Å². The molecule has 0 saturated heterocycles. The summed E-state index contributed by atoms with van der Waals surface area (Å²) in [5.74, 6) is 0.585. The van der Waals surface area contributed by atoms with Crippen LogP contribution in [0.1, 0.15) is 5.56 Å². The van der Waals surface area contributed by atoms with E-state index in [9.17, 15) is 4.39 Å². The van der Waals surface area contributed by atoms with Crippen molar-refractivity contribution in [1.82, 2.24) is 10.3 Å². The van der Waals surface area contributed by atoms with E-state index in [0.717, 1.165) is 33.4 Å². The van der Waals surface area contributed by atoms with Gasteiger partial charge in [0.05, 0.1) is 6.26 Å². The molecule has 0 aliphatic carbocycles. The molecule has 7 heteroatoms. The summed E-state index contributed by atoms with van der Waals surface area (Å²) in [7, 11) is 0. The molecule has 1 N–H and O–H groups in total. The minimum absolute atomic E-state index is 0.